The minimum absolute atomic E-state index is 0.469. The van der Waals surface area contributed by atoms with E-state index >= 15 is 0 Å². The van der Waals surface area contributed by atoms with Gasteiger partial charge in [-0.2, -0.15) is 0 Å². The highest BCUT2D eigenvalue weighted by atomic mass is 16.4. The molecule has 2 aromatic heterocycles. The summed E-state index contributed by atoms with van der Waals surface area (Å²) in [6.45, 7) is 5.03. The molecule has 4 aromatic rings. The molecule has 0 amide bonds. The van der Waals surface area contributed by atoms with Gasteiger partial charge in [0.2, 0.25) is 11.8 Å². The van der Waals surface area contributed by atoms with Gasteiger partial charge in [-0.05, 0) is 36.6 Å². The molecule has 5 rings (SSSR count). The first-order valence-electron chi connectivity index (χ1n) is 9.79. The second-order valence-electron chi connectivity index (χ2n) is 7.47. The maximum absolute atomic E-state index is 5.59. The number of hydrogen-bond acceptors (Lipinski definition) is 5. The van der Waals surface area contributed by atoms with Gasteiger partial charge in [0.1, 0.15) is 0 Å². The lowest BCUT2D eigenvalue weighted by Gasteiger charge is -2.32. The van der Waals surface area contributed by atoms with Crippen LogP contribution in [0, 0.1) is 6.92 Å². The van der Waals surface area contributed by atoms with Crippen molar-refractivity contribution in [3.8, 4) is 11.5 Å². The topological polar surface area (TPSA) is 60.0 Å². The first-order chi connectivity index (χ1) is 13.8. The lowest BCUT2D eigenvalue weighted by Crippen LogP contribution is -2.34. The average Bonchev–Trinajstić information content (AvgIpc) is 3.35. The van der Waals surface area contributed by atoms with E-state index in [0.29, 0.717) is 17.8 Å². The highest BCUT2D eigenvalue weighted by molar-refractivity contribution is 5.80. The lowest BCUT2D eigenvalue weighted by atomic mass is 10.0. The largest absolute Gasteiger partial charge is 0.421 e. The zero-order valence-electron chi connectivity index (χ0n) is 16.0. The van der Waals surface area contributed by atoms with E-state index in [1.165, 1.54) is 5.56 Å². The van der Waals surface area contributed by atoms with Crippen LogP contribution in [0.4, 0.5) is 0 Å². The molecular formula is C22H23N5O. The number of hydrogen-bond donors (Lipinski definition) is 0. The van der Waals surface area contributed by atoms with Crippen LogP contribution in [0.15, 0.2) is 59.3 Å². The third-order valence-electron chi connectivity index (χ3n) is 5.55. The van der Waals surface area contributed by atoms with Crippen molar-refractivity contribution in [3.05, 3.63) is 66.3 Å². The van der Waals surface area contributed by atoms with Crippen LogP contribution in [0.3, 0.4) is 0 Å². The molecule has 0 spiro atoms. The number of likely N-dealkylation sites (tertiary alicyclic amines) is 1. The van der Waals surface area contributed by atoms with Crippen LogP contribution < -0.4 is 0 Å². The summed E-state index contributed by atoms with van der Waals surface area (Å²) in [6, 6.07) is 17.3. The van der Waals surface area contributed by atoms with E-state index < -0.39 is 0 Å². The number of piperidine rings is 1. The predicted octanol–water partition coefficient (Wildman–Crippen LogP) is 4.23. The van der Waals surface area contributed by atoms with Crippen molar-refractivity contribution < 1.29 is 4.42 Å². The number of rotatable bonds is 4. The second kappa shape index (κ2) is 7.20. The number of nitrogens with zero attached hydrogens (tertiary/aromatic N) is 5. The molecule has 1 saturated heterocycles. The standard InChI is InChI=1S/C22H23N5O/c1-16-24-25-22(28-16)18-7-8-20-21(13-18)27(15-23-20)19-9-11-26(12-10-19)14-17-5-3-2-4-6-17/h2-8,13,15,19H,9-12,14H2,1H3. The molecule has 2 aromatic carbocycles. The minimum Gasteiger partial charge on any atom is -0.421 e. The molecule has 6 heteroatoms. The van der Waals surface area contributed by atoms with E-state index in [1.807, 2.05) is 25.4 Å². The fourth-order valence-electron chi connectivity index (χ4n) is 4.06. The van der Waals surface area contributed by atoms with Crippen LogP contribution >= 0.6 is 0 Å². The molecule has 1 aliphatic rings. The van der Waals surface area contributed by atoms with Crippen molar-refractivity contribution in [2.45, 2.75) is 32.4 Å². The molecule has 0 aliphatic carbocycles. The third-order valence-corrected chi connectivity index (χ3v) is 5.55. The monoisotopic (exact) mass is 373 g/mol. The van der Waals surface area contributed by atoms with Gasteiger partial charge in [0.25, 0.3) is 0 Å². The Morgan fingerprint density at radius 2 is 1.86 bits per heavy atom. The van der Waals surface area contributed by atoms with E-state index in [2.05, 4.69) is 61.0 Å². The van der Waals surface area contributed by atoms with Crippen molar-refractivity contribution in [3.63, 3.8) is 0 Å². The Bertz CT molecular complexity index is 1080. The van der Waals surface area contributed by atoms with Crippen LogP contribution in [-0.4, -0.2) is 37.7 Å². The van der Waals surface area contributed by atoms with Gasteiger partial charge in [0, 0.05) is 38.2 Å². The summed E-state index contributed by atoms with van der Waals surface area (Å²) >= 11 is 0. The Morgan fingerprint density at radius 1 is 1.04 bits per heavy atom. The van der Waals surface area contributed by atoms with E-state index in [4.69, 9.17) is 4.42 Å². The summed E-state index contributed by atoms with van der Waals surface area (Å²) in [5.41, 5.74) is 4.46. The molecule has 6 nitrogen and oxygen atoms in total. The number of aryl methyl sites for hydroxylation is 1. The molecule has 3 heterocycles. The summed E-state index contributed by atoms with van der Waals surface area (Å²) in [4.78, 5) is 7.14. The molecule has 1 aliphatic heterocycles. The average molecular weight is 373 g/mol. The Kier molecular flexibility index (Phi) is 4.41. The van der Waals surface area contributed by atoms with E-state index in [0.717, 1.165) is 49.1 Å². The first-order valence-corrected chi connectivity index (χ1v) is 9.79. The zero-order valence-corrected chi connectivity index (χ0v) is 16.0. The summed E-state index contributed by atoms with van der Waals surface area (Å²) in [6.07, 6.45) is 4.23. The molecule has 0 N–H and O–H groups in total. The lowest BCUT2D eigenvalue weighted by molar-refractivity contribution is 0.181. The van der Waals surface area contributed by atoms with E-state index in [9.17, 15) is 0 Å². The van der Waals surface area contributed by atoms with Gasteiger partial charge in [0.15, 0.2) is 0 Å². The first kappa shape index (κ1) is 17.1. The van der Waals surface area contributed by atoms with Crippen LogP contribution in [-0.2, 0) is 6.54 Å². The van der Waals surface area contributed by atoms with Crippen LogP contribution in [0.25, 0.3) is 22.5 Å². The van der Waals surface area contributed by atoms with Gasteiger partial charge >= 0.3 is 0 Å². The van der Waals surface area contributed by atoms with Crippen molar-refractivity contribution in [2.75, 3.05) is 13.1 Å². The summed E-state index contributed by atoms with van der Waals surface area (Å²) in [5.74, 6) is 1.14. The third kappa shape index (κ3) is 3.31. The zero-order chi connectivity index (χ0) is 18.9. The highest BCUT2D eigenvalue weighted by Crippen LogP contribution is 2.29. The molecule has 28 heavy (non-hydrogen) atoms. The Labute approximate surface area is 163 Å². The SMILES string of the molecule is Cc1nnc(-c2ccc3ncn(C4CCN(Cc5ccccc5)CC4)c3c2)o1. The smallest absolute Gasteiger partial charge is 0.247 e. The van der Waals surface area contributed by atoms with Gasteiger partial charge in [-0.3, -0.25) is 4.90 Å². The quantitative estimate of drug-likeness (QED) is 0.536. The van der Waals surface area contributed by atoms with Crippen molar-refractivity contribution in [1.82, 2.24) is 24.6 Å². The summed E-state index contributed by atoms with van der Waals surface area (Å²) in [5, 5.41) is 8.09. The number of benzene rings is 2. The maximum Gasteiger partial charge on any atom is 0.247 e. The summed E-state index contributed by atoms with van der Waals surface area (Å²) < 4.78 is 7.91. The Morgan fingerprint density at radius 3 is 2.61 bits per heavy atom. The molecule has 0 radical (unpaired) electrons. The van der Waals surface area contributed by atoms with Gasteiger partial charge in [0.05, 0.1) is 17.4 Å². The molecule has 1 fully saturated rings. The second-order valence-corrected chi connectivity index (χ2v) is 7.47. The minimum atomic E-state index is 0.469. The Balaban J connectivity index is 1.34. The molecular weight excluding hydrogens is 350 g/mol. The van der Waals surface area contributed by atoms with Crippen molar-refractivity contribution >= 4 is 11.0 Å². The fraction of sp³-hybridized carbons (Fsp3) is 0.318. The maximum atomic E-state index is 5.59. The van der Waals surface area contributed by atoms with Crippen LogP contribution in [0.1, 0.15) is 30.3 Å². The van der Waals surface area contributed by atoms with Gasteiger partial charge in [-0.1, -0.05) is 30.3 Å². The number of fused-ring (bicyclic) bond motifs is 1. The molecule has 0 atom stereocenters. The van der Waals surface area contributed by atoms with Crippen LogP contribution in [0.5, 0.6) is 0 Å². The molecule has 0 saturated carbocycles. The fourth-order valence-corrected chi connectivity index (χ4v) is 4.06. The number of imidazole rings is 1. The molecule has 0 unspecified atom stereocenters. The van der Waals surface area contributed by atoms with Crippen molar-refractivity contribution in [2.24, 2.45) is 0 Å². The van der Waals surface area contributed by atoms with Crippen molar-refractivity contribution in [1.29, 1.82) is 0 Å². The normalized spacial score (nSPS) is 16.0. The summed E-state index contributed by atoms with van der Waals surface area (Å²) in [7, 11) is 0. The molecule has 0 bridgehead atoms. The van der Waals surface area contributed by atoms with Gasteiger partial charge in [-0.15, -0.1) is 10.2 Å². The Hall–Kier alpha value is -2.99. The highest BCUT2D eigenvalue weighted by Gasteiger charge is 2.22. The van der Waals surface area contributed by atoms with Gasteiger partial charge < -0.3 is 8.98 Å². The van der Waals surface area contributed by atoms with Crippen LogP contribution in [0.2, 0.25) is 0 Å². The molecule has 142 valence electrons. The van der Waals surface area contributed by atoms with E-state index in [-0.39, 0.29) is 0 Å². The predicted molar refractivity (Wildman–Crippen MR) is 108 cm³/mol. The van der Waals surface area contributed by atoms with Gasteiger partial charge in [-0.25, -0.2) is 4.98 Å². The van der Waals surface area contributed by atoms with E-state index in [1.54, 1.807) is 0 Å². The number of aromatic nitrogens is 4.